The average molecular weight is 411 g/mol. The van der Waals surface area contributed by atoms with Crippen LogP contribution in [-0.4, -0.2) is 43.4 Å². The number of fused-ring (bicyclic) bond motifs is 1. The maximum atomic E-state index is 11.8. The Hall–Kier alpha value is -1.61. The standard InChI is InChI=1S/C12H13NO9S3/c14-23(21-7-8-22-25(18,19)20)13-11-6-5-9-3-1-2-4-10(9)12(11)24(15,16)17/h1-6,13H,7-8H2,(H,15,16,17)(H,18,19,20). The molecule has 0 aliphatic rings. The van der Waals surface area contributed by atoms with Gasteiger partial charge in [-0.2, -0.15) is 16.8 Å². The highest BCUT2D eigenvalue weighted by Crippen LogP contribution is 2.30. The van der Waals surface area contributed by atoms with E-state index in [1.165, 1.54) is 12.1 Å². The average Bonchev–Trinajstić information content (AvgIpc) is 2.49. The van der Waals surface area contributed by atoms with E-state index in [0.717, 1.165) is 0 Å². The molecule has 1 unspecified atom stereocenters. The van der Waals surface area contributed by atoms with Crippen molar-refractivity contribution in [3.8, 4) is 0 Å². The van der Waals surface area contributed by atoms with Crippen LogP contribution < -0.4 is 4.72 Å². The minimum absolute atomic E-state index is 0.171. The summed E-state index contributed by atoms with van der Waals surface area (Å²) in [6.07, 6.45) is 0. The van der Waals surface area contributed by atoms with Crippen molar-refractivity contribution in [1.82, 2.24) is 0 Å². The van der Waals surface area contributed by atoms with Crippen LogP contribution in [0.15, 0.2) is 41.3 Å². The molecule has 0 spiro atoms. The molecule has 13 heteroatoms. The minimum Gasteiger partial charge on any atom is -0.282 e. The molecule has 25 heavy (non-hydrogen) atoms. The molecule has 0 bridgehead atoms. The number of rotatable bonds is 8. The topological polar surface area (TPSA) is 156 Å². The quantitative estimate of drug-likeness (QED) is 0.424. The second kappa shape index (κ2) is 7.74. The molecule has 1 atom stereocenters. The van der Waals surface area contributed by atoms with Crippen molar-refractivity contribution in [3.05, 3.63) is 36.4 Å². The highest BCUT2D eigenvalue weighted by molar-refractivity contribution is 7.86. The van der Waals surface area contributed by atoms with Crippen LogP contribution >= 0.6 is 0 Å². The van der Waals surface area contributed by atoms with Crippen molar-refractivity contribution in [2.45, 2.75) is 4.90 Å². The van der Waals surface area contributed by atoms with Crippen LogP contribution in [0.1, 0.15) is 0 Å². The molecule has 3 N–H and O–H groups in total. The van der Waals surface area contributed by atoms with Gasteiger partial charge >= 0.3 is 10.4 Å². The minimum atomic E-state index is -4.64. The summed E-state index contributed by atoms with van der Waals surface area (Å²) in [7, 11) is -9.28. The van der Waals surface area contributed by atoms with E-state index in [0.29, 0.717) is 5.39 Å². The number of anilines is 1. The van der Waals surface area contributed by atoms with Crippen LogP contribution in [0.2, 0.25) is 0 Å². The molecule has 0 aromatic heterocycles. The number of hydrogen-bond acceptors (Lipinski definition) is 7. The van der Waals surface area contributed by atoms with Gasteiger partial charge in [0.25, 0.3) is 21.4 Å². The Bertz CT molecular complexity index is 1000. The molecule has 0 aliphatic heterocycles. The van der Waals surface area contributed by atoms with Gasteiger partial charge in [0.1, 0.15) is 4.90 Å². The number of benzene rings is 2. The lowest BCUT2D eigenvalue weighted by Crippen LogP contribution is -2.16. The van der Waals surface area contributed by atoms with E-state index in [-0.39, 0.29) is 11.1 Å². The molecule has 138 valence electrons. The molecule has 2 aromatic carbocycles. The van der Waals surface area contributed by atoms with E-state index in [2.05, 4.69) is 8.91 Å². The van der Waals surface area contributed by atoms with E-state index >= 15 is 0 Å². The fourth-order valence-corrected chi connectivity index (χ4v) is 3.80. The largest absolute Gasteiger partial charge is 0.397 e. The van der Waals surface area contributed by atoms with Crippen LogP contribution in [-0.2, 0) is 40.1 Å². The molecule has 0 fully saturated rings. The zero-order valence-electron chi connectivity index (χ0n) is 12.4. The van der Waals surface area contributed by atoms with Crippen molar-refractivity contribution in [3.63, 3.8) is 0 Å². The Kier molecular flexibility index (Phi) is 6.10. The van der Waals surface area contributed by atoms with Crippen LogP contribution in [0.3, 0.4) is 0 Å². The monoisotopic (exact) mass is 411 g/mol. The second-order valence-electron chi connectivity index (χ2n) is 4.55. The first-order valence-corrected chi connectivity index (χ1v) is 10.4. The highest BCUT2D eigenvalue weighted by Gasteiger charge is 2.20. The van der Waals surface area contributed by atoms with Gasteiger partial charge in [-0.1, -0.05) is 30.3 Å². The van der Waals surface area contributed by atoms with Gasteiger partial charge in [-0.25, -0.2) is 8.39 Å². The van der Waals surface area contributed by atoms with Crippen LogP contribution in [0.5, 0.6) is 0 Å². The molecular weight excluding hydrogens is 398 g/mol. The maximum Gasteiger partial charge on any atom is 0.397 e. The fourth-order valence-electron chi connectivity index (χ4n) is 1.97. The third kappa shape index (κ3) is 5.71. The zero-order chi connectivity index (χ0) is 18.7. The lowest BCUT2D eigenvalue weighted by atomic mass is 10.1. The molecule has 0 saturated heterocycles. The predicted octanol–water partition coefficient (Wildman–Crippen LogP) is 0.913. The predicted molar refractivity (Wildman–Crippen MR) is 89.0 cm³/mol. The van der Waals surface area contributed by atoms with Crippen molar-refractivity contribution in [2.24, 2.45) is 0 Å². The van der Waals surface area contributed by atoms with E-state index in [4.69, 9.17) is 8.74 Å². The zero-order valence-corrected chi connectivity index (χ0v) is 14.8. The van der Waals surface area contributed by atoms with Crippen molar-refractivity contribution in [2.75, 3.05) is 17.9 Å². The summed E-state index contributed by atoms with van der Waals surface area (Å²) in [6, 6.07) is 9.19. The summed E-state index contributed by atoms with van der Waals surface area (Å²) in [6.45, 7) is -1.08. The van der Waals surface area contributed by atoms with Gasteiger partial charge in [0.15, 0.2) is 0 Å². The molecule has 0 amide bonds. The summed E-state index contributed by atoms with van der Waals surface area (Å²) in [5.74, 6) is 0. The maximum absolute atomic E-state index is 11.8. The van der Waals surface area contributed by atoms with Gasteiger partial charge in [-0.15, -0.1) is 0 Å². The molecular formula is C12H13NO9S3. The summed E-state index contributed by atoms with van der Waals surface area (Å²) < 4.78 is 84.6. The molecule has 2 aromatic rings. The molecule has 2 rings (SSSR count). The lowest BCUT2D eigenvalue weighted by Gasteiger charge is -2.12. The third-order valence-corrected chi connectivity index (χ3v) is 5.02. The SMILES string of the molecule is O=S(Nc1ccc2ccccc2c1S(=O)(=O)O)OCCOS(=O)(=O)O. The van der Waals surface area contributed by atoms with Gasteiger partial charge in [0.2, 0.25) is 0 Å². The summed E-state index contributed by atoms with van der Waals surface area (Å²) in [4.78, 5) is -0.475. The van der Waals surface area contributed by atoms with Crippen LogP contribution in [0.25, 0.3) is 10.8 Å². The Labute approximate surface area is 146 Å². The molecule has 0 saturated carbocycles. The van der Waals surface area contributed by atoms with E-state index < -0.39 is 49.9 Å². The second-order valence-corrected chi connectivity index (χ2v) is 7.91. The molecule has 0 heterocycles. The number of hydrogen-bond donors (Lipinski definition) is 3. The molecule has 10 nitrogen and oxygen atoms in total. The van der Waals surface area contributed by atoms with Gasteiger partial charge in [-0.05, 0) is 11.5 Å². The van der Waals surface area contributed by atoms with Crippen molar-refractivity contribution in [1.29, 1.82) is 0 Å². The summed E-state index contributed by atoms with van der Waals surface area (Å²) in [5, 5.41) is 0.746. The van der Waals surface area contributed by atoms with Crippen LogP contribution in [0.4, 0.5) is 5.69 Å². The summed E-state index contributed by atoms with van der Waals surface area (Å²) >= 11 is -2.27. The Morgan fingerprint density at radius 1 is 1.00 bits per heavy atom. The Balaban J connectivity index is 2.19. The lowest BCUT2D eigenvalue weighted by molar-refractivity contribution is 0.212. The summed E-state index contributed by atoms with van der Waals surface area (Å²) in [5.41, 5.74) is -0.171. The van der Waals surface area contributed by atoms with Crippen molar-refractivity contribution < 1.29 is 38.5 Å². The van der Waals surface area contributed by atoms with Gasteiger partial charge < -0.3 is 0 Å². The molecule has 0 aliphatic carbocycles. The number of nitrogens with one attached hydrogen (secondary N) is 1. The highest BCUT2D eigenvalue weighted by atomic mass is 32.3. The van der Waals surface area contributed by atoms with Crippen LogP contribution in [0, 0.1) is 0 Å². The smallest absolute Gasteiger partial charge is 0.282 e. The Morgan fingerprint density at radius 3 is 2.32 bits per heavy atom. The normalized spacial score (nSPS) is 13.7. The van der Waals surface area contributed by atoms with Gasteiger partial charge in [-0.3, -0.25) is 18.0 Å². The first-order valence-electron chi connectivity index (χ1n) is 6.51. The van der Waals surface area contributed by atoms with Gasteiger partial charge in [0.05, 0.1) is 18.9 Å². The van der Waals surface area contributed by atoms with E-state index in [9.17, 15) is 25.6 Å². The Morgan fingerprint density at radius 2 is 1.68 bits per heavy atom. The third-order valence-electron chi connectivity index (χ3n) is 2.84. The van der Waals surface area contributed by atoms with E-state index in [1.54, 1.807) is 24.3 Å². The first kappa shape index (κ1) is 19.7. The van der Waals surface area contributed by atoms with Crippen molar-refractivity contribution >= 4 is 48.2 Å². The fraction of sp³-hybridized carbons (Fsp3) is 0.167. The molecule has 0 radical (unpaired) electrons. The van der Waals surface area contributed by atoms with Gasteiger partial charge in [0, 0.05) is 5.39 Å². The first-order chi connectivity index (χ1) is 11.6. The van der Waals surface area contributed by atoms with E-state index in [1.807, 2.05) is 0 Å².